The topological polar surface area (TPSA) is 21.4 Å². The molecule has 122 valence electrons. The van der Waals surface area contributed by atoms with Gasteiger partial charge in [0.15, 0.2) is 11.9 Å². The smallest absolute Gasteiger partial charge is 0.216 e. The van der Waals surface area contributed by atoms with Crippen molar-refractivity contribution in [3.05, 3.63) is 70.7 Å². The standard InChI is InChI=1S/C22H19N2O/c1-13-9-10-16-17-12-14(2)20(23-4)15(3)21(17)25-22(16)19(13)18-8-6-7-11-24(18)5/h6-12H,1-3,5H3/q+1. The molecule has 0 bridgehead atoms. The van der Waals surface area contributed by atoms with Gasteiger partial charge in [0.2, 0.25) is 5.69 Å². The SMILES string of the molecule is [C-]#[N+]c1c(C)cc2c(oc3c(-c4cccc[n+]4C)c(C)ccc32)c1C. The first-order valence-electron chi connectivity index (χ1n) is 8.31. The molecule has 0 radical (unpaired) electrons. The van der Waals surface area contributed by atoms with Gasteiger partial charge in [-0.2, -0.15) is 0 Å². The van der Waals surface area contributed by atoms with Crippen LogP contribution in [0.1, 0.15) is 16.7 Å². The predicted molar refractivity (Wildman–Crippen MR) is 101 cm³/mol. The molecule has 3 heteroatoms. The summed E-state index contributed by atoms with van der Waals surface area (Å²) in [5.74, 6) is 0. The molecule has 2 aromatic heterocycles. The summed E-state index contributed by atoms with van der Waals surface area (Å²) >= 11 is 0. The molecule has 4 aromatic rings. The average molecular weight is 327 g/mol. The van der Waals surface area contributed by atoms with Crippen molar-refractivity contribution in [2.45, 2.75) is 20.8 Å². The van der Waals surface area contributed by atoms with Gasteiger partial charge in [0.05, 0.1) is 12.1 Å². The molecule has 2 aromatic carbocycles. The quantitative estimate of drug-likeness (QED) is 0.331. The highest BCUT2D eigenvalue weighted by molar-refractivity contribution is 6.11. The fourth-order valence-corrected chi connectivity index (χ4v) is 3.66. The molecule has 0 spiro atoms. The summed E-state index contributed by atoms with van der Waals surface area (Å²) in [4.78, 5) is 3.69. The number of aromatic nitrogens is 1. The van der Waals surface area contributed by atoms with Crippen molar-refractivity contribution in [1.29, 1.82) is 0 Å². The summed E-state index contributed by atoms with van der Waals surface area (Å²) in [6.45, 7) is 13.5. The zero-order valence-corrected chi connectivity index (χ0v) is 14.8. The van der Waals surface area contributed by atoms with Crippen LogP contribution in [0.2, 0.25) is 0 Å². The lowest BCUT2D eigenvalue weighted by Crippen LogP contribution is -2.30. The Labute approximate surface area is 147 Å². The van der Waals surface area contributed by atoms with Crippen molar-refractivity contribution in [3.8, 4) is 11.3 Å². The van der Waals surface area contributed by atoms with Gasteiger partial charge >= 0.3 is 0 Å². The van der Waals surface area contributed by atoms with E-state index >= 15 is 0 Å². The van der Waals surface area contributed by atoms with Crippen LogP contribution in [-0.4, -0.2) is 0 Å². The van der Waals surface area contributed by atoms with Crippen LogP contribution in [0.4, 0.5) is 5.69 Å². The Balaban J connectivity index is 2.19. The number of rotatable bonds is 1. The van der Waals surface area contributed by atoms with Crippen molar-refractivity contribution < 1.29 is 8.98 Å². The lowest BCUT2D eigenvalue weighted by atomic mass is 9.99. The third-order valence-electron chi connectivity index (χ3n) is 4.96. The Hall–Kier alpha value is -3.12. The third kappa shape index (κ3) is 2.15. The Bertz CT molecular complexity index is 1190. The number of hydrogen-bond donors (Lipinski definition) is 0. The Kier molecular flexibility index (Phi) is 3.36. The van der Waals surface area contributed by atoms with Gasteiger partial charge in [-0.25, -0.2) is 9.41 Å². The van der Waals surface area contributed by atoms with Crippen LogP contribution in [0.5, 0.6) is 0 Å². The zero-order chi connectivity index (χ0) is 17.7. The summed E-state index contributed by atoms with van der Waals surface area (Å²) in [5.41, 5.74) is 7.71. The summed E-state index contributed by atoms with van der Waals surface area (Å²) in [5, 5.41) is 2.18. The second-order valence-electron chi connectivity index (χ2n) is 6.59. The van der Waals surface area contributed by atoms with Crippen LogP contribution in [0, 0.1) is 27.3 Å². The number of benzene rings is 2. The van der Waals surface area contributed by atoms with Crippen LogP contribution in [-0.2, 0) is 7.05 Å². The molecule has 0 fully saturated rings. The second-order valence-corrected chi connectivity index (χ2v) is 6.59. The Morgan fingerprint density at radius 1 is 0.960 bits per heavy atom. The minimum absolute atomic E-state index is 0.690. The van der Waals surface area contributed by atoms with Gasteiger partial charge < -0.3 is 4.42 Å². The first-order valence-corrected chi connectivity index (χ1v) is 8.31. The number of furan rings is 1. The summed E-state index contributed by atoms with van der Waals surface area (Å²) in [6.07, 6.45) is 2.04. The highest BCUT2D eigenvalue weighted by Crippen LogP contribution is 2.41. The highest BCUT2D eigenvalue weighted by atomic mass is 16.3. The van der Waals surface area contributed by atoms with Crippen molar-refractivity contribution in [1.82, 2.24) is 0 Å². The minimum Gasteiger partial charge on any atom is -0.456 e. The summed E-state index contributed by atoms with van der Waals surface area (Å²) < 4.78 is 8.45. The van der Waals surface area contributed by atoms with Crippen molar-refractivity contribution in [3.63, 3.8) is 0 Å². The van der Waals surface area contributed by atoms with Crippen LogP contribution >= 0.6 is 0 Å². The van der Waals surface area contributed by atoms with Gasteiger partial charge in [0, 0.05) is 22.9 Å². The molecule has 0 saturated carbocycles. The van der Waals surface area contributed by atoms with E-state index in [9.17, 15) is 0 Å². The molecule has 25 heavy (non-hydrogen) atoms. The van der Waals surface area contributed by atoms with E-state index in [4.69, 9.17) is 11.0 Å². The van der Waals surface area contributed by atoms with Crippen LogP contribution in [0.15, 0.2) is 47.0 Å². The highest BCUT2D eigenvalue weighted by Gasteiger charge is 2.21. The third-order valence-corrected chi connectivity index (χ3v) is 4.96. The maximum absolute atomic E-state index is 7.45. The molecule has 0 N–H and O–H groups in total. The number of fused-ring (bicyclic) bond motifs is 3. The Morgan fingerprint density at radius 2 is 1.76 bits per heavy atom. The first-order chi connectivity index (χ1) is 12.0. The minimum atomic E-state index is 0.690. The van der Waals surface area contributed by atoms with E-state index in [2.05, 4.69) is 40.6 Å². The van der Waals surface area contributed by atoms with E-state index in [1.807, 2.05) is 39.2 Å². The van der Waals surface area contributed by atoms with Crippen molar-refractivity contribution in [2.24, 2.45) is 7.05 Å². The molecule has 0 aliphatic carbocycles. The summed E-state index contributed by atoms with van der Waals surface area (Å²) in [7, 11) is 2.04. The molecule has 0 atom stereocenters. The van der Waals surface area contributed by atoms with E-state index in [0.717, 1.165) is 44.3 Å². The van der Waals surface area contributed by atoms with E-state index in [1.54, 1.807) is 0 Å². The predicted octanol–water partition coefficient (Wildman–Crippen LogP) is 5.55. The van der Waals surface area contributed by atoms with Gasteiger partial charge in [-0.3, -0.25) is 0 Å². The fourth-order valence-electron chi connectivity index (χ4n) is 3.66. The molecule has 0 amide bonds. The monoisotopic (exact) mass is 327 g/mol. The number of hydrogen-bond acceptors (Lipinski definition) is 1. The van der Waals surface area contributed by atoms with Gasteiger partial charge in [-0.15, -0.1) is 0 Å². The van der Waals surface area contributed by atoms with E-state index in [1.165, 1.54) is 5.56 Å². The molecular formula is C22H19N2O+. The van der Waals surface area contributed by atoms with Crippen LogP contribution < -0.4 is 4.57 Å². The number of nitrogens with zero attached hydrogens (tertiary/aromatic N) is 2. The molecule has 0 unspecified atom stereocenters. The molecule has 2 heterocycles. The molecule has 3 nitrogen and oxygen atoms in total. The van der Waals surface area contributed by atoms with Crippen molar-refractivity contribution in [2.75, 3.05) is 0 Å². The lowest BCUT2D eigenvalue weighted by molar-refractivity contribution is -0.660. The number of aryl methyl sites for hydroxylation is 4. The van der Waals surface area contributed by atoms with E-state index in [-0.39, 0.29) is 0 Å². The summed E-state index contributed by atoms with van der Waals surface area (Å²) in [6, 6.07) is 12.5. The maximum atomic E-state index is 7.45. The fraction of sp³-hybridized carbons (Fsp3) is 0.182. The first kappa shape index (κ1) is 15.4. The van der Waals surface area contributed by atoms with Gasteiger partial charge in [-0.05, 0) is 43.5 Å². The maximum Gasteiger partial charge on any atom is 0.216 e. The van der Waals surface area contributed by atoms with E-state index in [0.29, 0.717) is 5.69 Å². The second kappa shape index (κ2) is 5.46. The van der Waals surface area contributed by atoms with Crippen LogP contribution in [0.3, 0.4) is 0 Å². The number of pyridine rings is 1. The molecule has 0 aliphatic rings. The molecule has 0 saturated heterocycles. The molecular weight excluding hydrogens is 308 g/mol. The van der Waals surface area contributed by atoms with Gasteiger partial charge in [-0.1, -0.05) is 18.2 Å². The molecule has 0 aliphatic heterocycles. The van der Waals surface area contributed by atoms with Gasteiger partial charge in [0.1, 0.15) is 18.2 Å². The van der Waals surface area contributed by atoms with Crippen molar-refractivity contribution >= 4 is 27.6 Å². The lowest BCUT2D eigenvalue weighted by Gasteiger charge is -2.05. The van der Waals surface area contributed by atoms with Crippen LogP contribution in [0.25, 0.3) is 38.0 Å². The van der Waals surface area contributed by atoms with Gasteiger partial charge in [0.25, 0.3) is 0 Å². The zero-order valence-electron chi connectivity index (χ0n) is 14.8. The molecule has 4 rings (SSSR count). The Morgan fingerprint density at radius 3 is 2.48 bits per heavy atom. The normalized spacial score (nSPS) is 11.2. The van der Waals surface area contributed by atoms with E-state index < -0.39 is 0 Å². The largest absolute Gasteiger partial charge is 0.456 e. The average Bonchev–Trinajstić information content (AvgIpc) is 2.95.